The Morgan fingerprint density at radius 2 is 2.13 bits per heavy atom. The molecule has 0 saturated carbocycles. The van der Waals surface area contributed by atoms with Crippen LogP contribution in [0.15, 0.2) is 27.4 Å². The molecular weight excluding hydrogens is 292 g/mol. The molecular formula is C17H26N4O2. The molecule has 1 N–H and O–H groups in total. The number of aromatic nitrogens is 1. The molecule has 0 spiro atoms. The van der Waals surface area contributed by atoms with Gasteiger partial charge in [0.15, 0.2) is 5.58 Å². The van der Waals surface area contributed by atoms with E-state index in [0.29, 0.717) is 12.1 Å². The summed E-state index contributed by atoms with van der Waals surface area (Å²) in [6.07, 6.45) is 0. The topological polar surface area (TPSA) is 53.7 Å². The molecule has 6 nitrogen and oxygen atoms in total. The molecule has 0 atom stereocenters. The first-order chi connectivity index (χ1) is 10.9. The number of oxazole rings is 1. The van der Waals surface area contributed by atoms with E-state index in [1.54, 1.807) is 4.57 Å². The molecule has 1 saturated heterocycles. The van der Waals surface area contributed by atoms with Crippen molar-refractivity contribution in [1.29, 1.82) is 0 Å². The second-order valence-corrected chi connectivity index (χ2v) is 7.21. The lowest BCUT2D eigenvalue weighted by Gasteiger charge is -2.40. The first-order valence-corrected chi connectivity index (χ1v) is 8.14. The average molecular weight is 318 g/mol. The van der Waals surface area contributed by atoms with Gasteiger partial charge in [0.05, 0.1) is 5.52 Å². The first kappa shape index (κ1) is 16.1. The molecule has 6 heteroatoms. The van der Waals surface area contributed by atoms with Crippen molar-refractivity contribution in [2.24, 2.45) is 0 Å². The maximum absolute atomic E-state index is 12.1. The molecule has 1 aliphatic rings. The normalized spacial score (nSPS) is 18.0. The summed E-state index contributed by atoms with van der Waals surface area (Å²) in [5.41, 5.74) is 2.74. The number of nitrogens with one attached hydrogen (secondary N) is 1. The minimum Gasteiger partial charge on any atom is -0.408 e. The number of benzene rings is 1. The van der Waals surface area contributed by atoms with Crippen LogP contribution in [-0.4, -0.2) is 55.3 Å². The van der Waals surface area contributed by atoms with Crippen LogP contribution in [0.1, 0.15) is 13.8 Å². The van der Waals surface area contributed by atoms with Gasteiger partial charge in [0.2, 0.25) is 0 Å². The lowest BCUT2D eigenvalue weighted by Crippen LogP contribution is -2.57. The molecule has 126 valence electrons. The van der Waals surface area contributed by atoms with Crippen molar-refractivity contribution in [3.63, 3.8) is 0 Å². The van der Waals surface area contributed by atoms with E-state index in [1.807, 2.05) is 26.2 Å². The van der Waals surface area contributed by atoms with E-state index in [9.17, 15) is 4.79 Å². The summed E-state index contributed by atoms with van der Waals surface area (Å²) in [7, 11) is 4.00. The molecule has 1 aromatic carbocycles. The number of anilines is 1. The number of hydrogen-bond acceptors (Lipinski definition) is 5. The largest absolute Gasteiger partial charge is 0.419 e. The van der Waals surface area contributed by atoms with E-state index in [-0.39, 0.29) is 11.3 Å². The quantitative estimate of drug-likeness (QED) is 0.922. The van der Waals surface area contributed by atoms with Crippen LogP contribution < -0.4 is 16.0 Å². The lowest BCUT2D eigenvalue weighted by atomic mass is 10.0. The molecule has 2 heterocycles. The van der Waals surface area contributed by atoms with Gasteiger partial charge in [0.25, 0.3) is 0 Å². The number of piperazine rings is 1. The van der Waals surface area contributed by atoms with Crippen LogP contribution in [0.25, 0.3) is 11.1 Å². The van der Waals surface area contributed by atoms with Crippen LogP contribution in [0, 0.1) is 0 Å². The van der Waals surface area contributed by atoms with E-state index < -0.39 is 0 Å². The van der Waals surface area contributed by atoms with Crippen molar-refractivity contribution >= 4 is 16.8 Å². The number of fused-ring (bicyclic) bond motifs is 1. The Bertz CT molecular complexity index is 745. The maximum atomic E-state index is 12.1. The van der Waals surface area contributed by atoms with Gasteiger partial charge in [-0.1, -0.05) is 0 Å². The van der Waals surface area contributed by atoms with E-state index in [0.717, 1.165) is 37.4 Å². The Morgan fingerprint density at radius 1 is 1.35 bits per heavy atom. The standard InChI is InChI=1S/C17H26N4O2/c1-17(2)12-20(8-7-18-17)13-5-6-14-15(11-13)23-16(22)21(14)10-9-19(3)4/h5-6,11,18H,7-10,12H2,1-4H3. The van der Waals surface area contributed by atoms with Gasteiger partial charge in [0.1, 0.15) is 0 Å². The summed E-state index contributed by atoms with van der Waals surface area (Å²) >= 11 is 0. The Morgan fingerprint density at radius 3 is 2.83 bits per heavy atom. The van der Waals surface area contributed by atoms with Gasteiger partial charge in [-0.3, -0.25) is 4.57 Å². The molecule has 0 amide bonds. The molecule has 1 fully saturated rings. The highest BCUT2D eigenvalue weighted by molar-refractivity contribution is 5.78. The van der Waals surface area contributed by atoms with Crippen molar-refractivity contribution < 1.29 is 4.42 Å². The fourth-order valence-electron chi connectivity index (χ4n) is 3.13. The zero-order valence-electron chi connectivity index (χ0n) is 14.4. The molecule has 0 aliphatic carbocycles. The van der Waals surface area contributed by atoms with Crippen LogP contribution in [0.2, 0.25) is 0 Å². The van der Waals surface area contributed by atoms with Gasteiger partial charge >= 0.3 is 5.76 Å². The number of likely N-dealkylation sites (N-methyl/N-ethyl adjacent to an activating group) is 1. The Labute approximate surface area is 136 Å². The monoisotopic (exact) mass is 318 g/mol. The summed E-state index contributed by atoms with van der Waals surface area (Å²) in [5.74, 6) is -0.278. The van der Waals surface area contributed by atoms with Crippen LogP contribution in [0.4, 0.5) is 5.69 Å². The van der Waals surface area contributed by atoms with Gasteiger partial charge in [0, 0.05) is 50.0 Å². The lowest BCUT2D eigenvalue weighted by molar-refractivity contribution is 0.353. The Hall–Kier alpha value is -1.79. The second-order valence-electron chi connectivity index (χ2n) is 7.21. The highest BCUT2D eigenvalue weighted by Crippen LogP contribution is 2.24. The van der Waals surface area contributed by atoms with Gasteiger partial charge in [-0.15, -0.1) is 0 Å². The van der Waals surface area contributed by atoms with Crippen LogP contribution in [-0.2, 0) is 6.54 Å². The van der Waals surface area contributed by atoms with Crippen molar-refractivity contribution in [1.82, 2.24) is 14.8 Å². The summed E-state index contributed by atoms with van der Waals surface area (Å²) in [5, 5.41) is 3.51. The van der Waals surface area contributed by atoms with Gasteiger partial charge in [-0.2, -0.15) is 0 Å². The minimum absolute atomic E-state index is 0.0890. The molecule has 2 aromatic rings. The molecule has 0 bridgehead atoms. The van der Waals surface area contributed by atoms with E-state index in [4.69, 9.17) is 4.42 Å². The third-order valence-corrected chi connectivity index (χ3v) is 4.36. The van der Waals surface area contributed by atoms with Crippen molar-refractivity contribution in [3.8, 4) is 0 Å². The van der Waals surface area contributed by atoms with Gasteiger partial charge in [-0.05, 0) is 40.1 Å². The van der Waals surface area contributed by atoms with Crippen LogP contribution in [0.3, 0.4) is 0 Å². The van der Waals surface area contributed by atoms with Gasteiger partial charge < -0.3 is 19.5 Å². The fraction of sp³-hybridized carbons (Fsp3) is 0.588. The van der Waals surface area contributed by atoms with E-state index in [1.165, 1.54) is 0 Å². The van der Waals surface area contributed by atoms with Gasteiger partial charge in [-0.25, -0.2) is 4.79 Å². The second kappa shape index (κ2) is 6.02. The molecule has 1 aliphatic heterocycles. The van der Waals surface area contributed by atoms with E-state index >= 15 is 0 Å². The van der Waals surface area contributed by atoms with Crippen molar-refractivity contribution in [2.45, 2.75) is 25.9 Å². The molecule has 1 aromatic heterocycles. The van der Waals surface area contributed by atoms with Crippen molar-refractivity contribution in [2.75, 3.05) is 45.2 Å². The van der Waals surface area contributed by atoms with Crippen LogP contribution >= 0.6 is 0 Å². The van der Waals surface area contributed by atoms with E-state index in [2.05, 4.69) is 35.0 Å². The molecule has 0 radical (unpaired) electrons. The zero-order chi connectivity index (χ0) is 16.6. The molecule has 23 heavy (non-hydrogen) atoms. The number of rotatable bonds is 4. The fourth-order valence-corrected chi connectivity index (χ4v) is 3.13. The first-order valence-electron chi connectivity index (χ1n) is 8.14. The number of hydrogen-bond donors (Lipinski definition) is 1. The summed E-state index contributed by atoms with van der Waals surface area (Å²) in [6, 6.07) is 6.08. The highest BCUT2D eigenvalue weighted by Gasteiger charge is 2.26. The third kappa shape index (κ3) is 3.43. The van der Waals surface area contributed by atoms with Crippen molar-refractivity contribution in [3.05, 3.63) is 28.7 Å². The third-order valence-electron chi connectivity index (χ3n) is 4.36. The minimum atomic E-state index is -0.278. The maximum Gasteiger partial charge on any atom is 0.419 e. The SMILES string of the molecule is CN(C)CCn1c(=O)oc2cc(N3CCNC(C)(C)C3)ccc21. The zero-order valence-corrected chi connectivity index (χ0v) is 14.4. The highest BCUT2D eigenvalue weighted by atomic mass is 16.4. The summed E-state index contributed by atoms with van der Waals surface area (Å²) in [6.45, 7) is 8.70. The average Bonchev–Trinajstić information content (AvgIpc) is 2.78. The predicted octanol–water partition coefficient (Wildman–Crippen LogP) is 1.34. The van der Waals surface area contributed by atoms with Crippen LogP contribution in [0.5, 0.6) is 0 Å². The predicted molar refractivity (Wildman–Crippen MR) is 93.3 cm³/mol. The Kier molecular flexibility index (Phi) is 4.21. The Balaban J connectivity index is 1.89. The number of nitrogens with zero attached hydrogens (tertiary/aromatic N) is 3. The molecule has 0 unspecified atom stereocenters. The summed E-state index contributed by atoms with van der Waals surface area (Å²) < 4.78 is 7.17. The summed E-state index contributed by atoms with van der Waals surface area (Å²) in [4.78, 5) is 16.5. The smallest absolute Gasteiger partial charge is 0.408 e. The molecule has 3 rings (SSSR count).